The van der Waals surface area contributed by atoms with Gasteiger partial charge in [-0.15, -0.1) is 0 Å². The molecule has 0 aromatic carbocycles. The number of nitrogens with two attached hydrogens (primary N) is 1. The quantitative estimate of drug-likeness (QED) is 0.695. The number of rotatable bonds is 0. The largest absolute Gasteiger partial charge is 0.444 e. The van der Waals surface area contributed by atoms with Crippen molar-refractivity contribution in [3.63, 3.8) is 0 Å². The van der Waals surface area contributed by atoms with Gasteiger partial charge < -0.3 is 15.4 Å². The van der Waals surface area contributed by atoms with Crippen LogP contribution in [0.5, 0.6) is 0 Å². The Bertz CT molecular complexity index is 212. The molecule has 4 nitrogen and oxygen atoms in total. The van der Waals surface area contributed by atoms with Crippen LogP contribution in [0.1, 0.15) is 47.5 Å². The van der Waals surface area contributed by atoms with Gasteiger partial charge in [-0.25, -0.2) is 4.79 Å². The summed E-state index contributed by atoms with van der Waals surface area (Å²) in [7, 11) is 0. The molecule has 0 bridgehead atoms. The van der Waals surface area contributed by atoms with Crippen molar-refractivity contribution in [2.75, 3.05) is 13.1 Å². The van der Waals surface area contributed by atoms with E-state index in [-0.39, 0.29) is 12.1 Å². The van der Waals surface area contributed by atoms with E-state index in [9.17, 15) is 4.79 Å². The van der Waals surface area contributed by atoms with Gasteiger partial charge in [0.05, 0.1) is 0 Å². The molecule has 1 aliphatic heterocycles. The van der Waals surface area contributed by atoms with E-state index in [4.69, 9.17) is 10.5 Å². The van der Waals surface area contributed by atoms with Gasteiger partial charge in [-0.2, -0.15) is 0 Å². The number of hydrogen-bond acceptors (Lipinski definition) is 3. The molecule has 0 radical (unpaired) electrons. The second kappa shape index (κ2) is 6.74. The Balaban J connectivity index is 0.00000106. The molecule has 96 valence electrons. The highest BCUT2D eigenvalue weighted by atomic mass is 16.6. The summed E-state index contributed by atoms with van der Waals surface area (Å²) in [5.41, 5.74) is 5.36. The Morgan fingerprint density at radius 2 is 1.94 bits per heavy atom. The molecule has 1 aliphatic rings. The monoisotopic (exact) mass is 230 g/mol. The molecular formula is C12H26N2O2. The highest BCUT2D eigenvalue weighted by Crippen LogP contribution is 2.14. The fraction of sp³-hybridized carbons (Fsp3) is 0.917. The maximum Gasteiger partial charge on any atom is 0.410 e. The number of amides is 1. The number of carbonyl (C=O) groups is 1. The Kier molecular flexibility index (Phi) is 6.41. The van der Waals surface area contributed by atoms with Gasteiger partial charge in [-0.1, -0.05) is 13.8 Å². The first-order chi connectivity index (χ1) is 7.38. The predicted molar refractivity (Wildman–Crippen MR) is 66.4 cm³/mol. The van der Waals surface area contributed by atoms with Crippen LogP contribution in [-0.4, -0.2) is 35.7 Å². The van der Waals surface area contributed by atoms with Crippen LogP contribution in [-0.2, 0) is 4.74 Å². The molecule has 0 aliphatic carbocycles. The summed E-state index contributed by atoms with van der Waals surface area (Å²) < 4.78 is 5.26. The number of ether oxygens (including phenoxy) is 1. The molecule has 2 N–H and O–H groups in total. The van der Waals surface area contributed by atoms with Crippen molar-refractivity contribution in [3.8, 4) is 0 Å². The molecular weight excluding hydrogens is 204 g/mol. The molecule has 1 fully saturated rings. The Morgan fingerprint density at radius 1 is 1.38 bits per heavy atom. The summed E-state index contributed by atoms with van der Waals surface area (Å²) in [6.07, 6.45) is 1.73. The lowest BCUT2D eigenvalue weighted by molar-refractivity contribution is 0.0200. The molecule has 0 aromatic rings. The van der Waals surface area contributed by atoms with Crippen molar-refractivity contribution in [1.82, 2.24) is 4.90 Å². The van der Waals surface area contributed by atoms with Crippen molar-refractivity contribution in [3.05, 3.63) is 0 Å². The molecule has 4 heteroatoms. The third kappa shape index (κ3) is 5.95. The lowest BCUT2D eigenvalue weighted by atomic mass is 10.1. The van der Waals surface area contributed by atoms with E-state index >= 15 is 0 Å². The van der Waals surface area contributed by atoms with Crippen molar-refractivity contribution in [2.45, 2.75) is 59.1 Å². The predicted octanol–water partition coefficient (Wildman–Crippen LogP) is 2.37. The van der Waals surface area contributed by atoms with E-state index in [1.54, 1.807) is 4.90 Å². The fourth-order valence-corrected chi connectivity index (χ4v) is 1.50. The lowest BCUT2D eigenvalue weighted by Crippen LogP contribution is -2.47. The van der Waals surface area contributed by atoms with Gasteiger partial charge in [0.25, 0.3) is 0 Å². The first-order valence-corrected chi connectivity index (χ1v) is 6.12. The molecule has 0 saturated carbocycles. The lowest BCUT2D eigenvalue weighted by Gasteiger charge is -2.32. The van der Waals surface area contributed by atoms with E-state index in [2.05, 4.69) is 0 Å². The van der Waals surface area contributed by atoms with Gasteiger partial charge in [-0.3, -0.25) is 0 Å². The zero-order valence-corrected chi connectivity index (χ0v) is 11.2. The Morgan fingerprint density at radius 3 is 2.38 bits per heavy atom. The van der Waals surface area contributed by atoms with Crippen molar-refractivity contribution in [1.29, 1.82) is 0 Å². The second-order valence-electron chi connectivity index (χ2n) is 4.83. The van der Waals surface area contributed by atoms with Crippen LogP contribution in [0.25, 0.3) is 0 Å². The van der Waals surface area contributed by atoms with Gasteiger partial charge in [0.1, 0.15) is 5.60 Å². The molecule has 0 aromatic heterocycles. The summed E-state index contributed by atoms with van der Waals surface area (Å²) in [5, 5.41) is 0. The van der Waals surface area contributed by atoms with E-state index in [1.807, 2.05) is 34.6 Å². The molecule has 1 heterocycles. The zero-order chi connectivity index (χ0) is 12.8. The van der Waals surface area contributed by atoms with Gasteiger partial charge in [0.2, 0.25) is 0 Å². The highest BCUT2D eigenvalue weighted by Gasteiger charge is 2.25. The third-order valence-electron chi connectivity index (χ3n) is 2.11. The molecule has 1 unspecified atom stereocenters. The maximum absolute atomic E-state index is 11.6. The average Bonchev–Trinajstić information content (AvgIpc) is 2.18. The summed E-state index contributed by atoms with van der Waals surface area (Å²) in [4.78, 5) is 13.3. The van der Waals surface area contributed by atoms with E-state index in [0.717, 1.165) is 19.4 Å². The van der Waals surface area contributed by atoms with Gasteiger partial charge in [-0.05, 0) is 33.6 Å². The van der Waals surface area contributed by atoms with Gasteiger partial charge in [0.15, 0.2) is 0 Å². The molecule has 0 spiro atoms. The summed E-state index contributed by atoms with van der Waals surface area (Å²) in [6.45, 7) is 11.0. The van der Waals surface area contributed by atoms with Crippen molar-refractivity contribution in [2.24, 2.45) is 5.73 Å². The standard InChI is InChI=1S/C10H20N2O2.C2H6/c1-10(2,3)14-9(13)12-6-4-5-8(11)7-12;1-2/h8H,4-7,11H2,1-3H3;1-2H3. The molecule has 1 atom stereocenters. The smallest absolute Gasteiger partial charge is 0.410 e. The minimum absolute atomic E-state index is 0.108. The maximum atomic E-state index is 11.6. The first-order valence-electron chi connectivity index (χ1n) is 6.12. The first kappa shape index (κ1) is 15.2. The van der Waals surface area contributed by atoms with Crippen molar-refractivity contribution >= 4 is 6.09 Å². The van der Waals surface area contributed by atoms with Gasteiger partial charge >= 0.3 is 6.09 Å². The van der Waals surface area contributed by atoms with E-state index in [1.165, 1.54) is 0 Å². The number of hydrogen-bond donors (Lipinski definition) is 1. The minimum Gasteiger partial charge on any atom is -0.444 e. The summed E-state index contributed by atoms with van der Waals surface area (Å²) >= 11 is 0. The number of likely N-dealkylation sites (tertiary alicyclic amines) is 1. The van der Waals surface area contributed by atoms with Crippen LogP contribution in [0.4, 0.5) is 4.79 Å². The van der Waals surface area contributed by atoms with Crippen LogP contribution < -0.4 is 5.73 Å². The highest BCUT2D eigenvalue weighted by molar-refractivity contribution is 5.68. The van der Waals surface area contributed by atoms with Crippen LogP contribution in [0, 0.1) is 0 Å². The van der Waals surface area contributed by atoms with E-state index < -0.39 is 5.60 Å². The number of piperidine rings is 1. The number of carbonyl (C=O) groups excluding carboxylic acids is 1. The summed E-state index contributed by atoms with van der Waals surface area (Å²) in [6, 6.07) is 0.108. The Labute approximate surface area is 99.1 Å². The van der Waals surface area contributed by atoms with Crippen LogP contribution >= 0.6 is 0 Å². The SMILES string of the molecule is CC.CC(C)(C)OC(=O)N1CCCC(N)C1. The normalized spacial score (nSPS) is 20.9. The van der Waals surface area contributed by atoms with Crippen LogP contribution in [0.15, 0.2) is 0 Å². The van der Waals surface area contributed by atoms with Gasteiger partial charge in [0, 0.05) is 19.1 Å². The average molecular weight is 230 g/mol. The van der Waals surface area contributed by atoms with E-state index in [0.29, 0.717) is 6.54 Å². The minimum atomic E-state index is -0.418. The molecule has 1 rings (SSSR count). The fourth-order valence-electron chi connectivity index (χ4n) is 1.50. The third-order valence-corrected chi connectivity index (χ3v) is 2.11. The Hall–Kier alpha value is -0.770. The number of nitrogens with zero attached hydrogens (tertiary/aromatic N) is 1. The molecule has 1 amide bonds. The van der Waals surface area contributed by atoms with Crippen LogP contribution in [0.2, 0.25) is 0 Å². The zero-order valence-electron chi connectivity index (χ0n) is 11.2. The van der Waals surface area contributed by atoms with Crippen molar-refractivity contribution < 1.29 is 9.53 Å². The molecule has 1 saturated heterocycles. The summed E-state index contributed by atoms with van der Waals surface area (Å²) in [5.74, 6) is 0. The van der Waals surface area contributed by atoms with Crippen LogP contribution in [0.3, 0.4) is 0 Å². The second-order valence-corrected chi connectivity index (χ2v) is 4.83. The molecule has 16 heavy (non-hydrogen) atoms. The topological polar surface area (TPSA) is 55.6 Å².